The minimum atomic E-state index is -1.82. The first-order chi connectivity index (χ1) is 17.3. The van der Waals surface area contributed by atoms with Gasteiger partial charge in [-0.2, -0.15) is 0 Å². The first-order valence-electron chi connectivity index (χ1n) is 11.8. The van der Waals surface area contributed by atoms with E-state index in [1.165, 1.54) is 16.7 Å². The fraction of sp³-hybridized carbons (Fsp3) is 0.276. The summed E-state index contributed by atoms with van der Waals surface area (Å²) in [5.41, 5.74) is 4.73. The van der Waals surface area contributed by atoms with Crippen LogP contribution >= 0.6 is 0 Å². The standard InChI is InChI=1S/C27H30N2O.C2H2O4/c1-28(2)19-21-17-24-15-9-10-16-26(24)29(20-21)27(30)18-25(22-11-5-3-6-12-22)23-13-7-4-8-14-23;3-1(4)2(5)6/h3-16,21,25H,17-20H2,1-2H3;(H,3,4)(H,5,6). The average molecular weight is 489 g/mol. The van der Waals surface area contributed by atoms with Gasteiger partial charge in [-0.05, 0) is 49.2 Å². The van der Waals surface area contributed by atoms with Crippen LogP contribution in [0.4, 0.5) is 5.69 Å². The summed E-state index contributed by atoms with van der Waals surface area (Å²) in [7, 11) is 4.21. The maximum Gasteiger partial charge on any atom is 0.414 e. The number of amides is 1. The van der Waals surface area contributed by atoms with Gasteiger partial charge in [-0.15, -0.1) is 0 Å². The number of carbonyl (C=O) groups is 3. The largest absolute Gasteiger partial charge is 0.473 e. The fourth-order valence-corrected chi connectivity index (χ4v) is 4.64. The van der Waals surface area contributed by atoms with Gasteiger partial charge < -0.3 is 20.0 Å². The van der Waals surface area contributed by atoms with Gasteiger partial charge in [-0.3, -0.25) is 4.79 Å². The molecule has 0 aromatic heterocycles. The Hall–Kier alpha value is -3.97. The van der Waals surface area contributed by atoms with E-state index in [9.17, 15) is 4.79 Å². The summed E-state index contributed by atoms with van der Waals surface area (Å²) in [6.45, 7) is 1.77. The van der Waals surface area contributed by atoms with Crippen LogP contribution in [0.5, 0.6) is 0 Å². The van der Waals surface area contributed by atoms with E-state index in [1.807, 2.05) is 23.1 Å². The Kier molecular flexibility index (Phi) is 9.36. The van der Waals surface area contributed by atoms with Crippen LogP contribution in [0.2, 0.25) is 0 Å². The number of carboxylic acid groups (broad SMARTS) is 2. The lowest BCUT2D eigenvalue weighted by molar-refractivity contribution is -0.159. The van der Waals surface area contributed by atoms with Gasteiger partial charge in [0.2, 0.25) is 5.91 Å². The lowest BCUT2D eigenvalue weighted by Gasteiger charge is -2.36. The molecule has 0 spiro atoms. The highest BCUT2D eigenvalue weighted by Gasteiger charge is 2.30. The van der Waals surface area contributed by atoms with Crippen LogP contribution in [0, 0.1) is 5.92 Å². The van der Waals surface area contributed by atoms with Gasteiger partial charge in [0.1, 0.15) is 0 Å². The summed E-state index contributed by atoms with van der Waals surface area (Å²) < 4.78 is 0. The summed E-state index contributed by atoms with van der Waals surface area (Å²) >= 11 is 0. The highest BCUT2D eigenvalue weighted by atomic mass is 16.4. The molecule has 1 unspecified atom stereocenters. The van der Waals surface area contributed by atoms with E-state index in [1.54, 1.807) is 0 Å². The molecule has 36 heavy (non-hydrogen) atoms. The Morgan fingerprint density at radius 1 is 0.833 bits per heavy atom. The third kappa shape index (κ3) is 7.26. The van der Waals surface area contributed by atoms with Crippen LogP contribution in [0.1, 0.15) is 29.0 Å². The third-order valence-corrected chi connectivity index (χ3v) is 6.12. The molecule has 0 radical (unpaired) electrons. The van der Waals surface area contributed by atoms with E-state index < -0.39 is 11.9 Å². The van der Waals surface area contributed by atoms with Crippen molar-refractivity contribution in [3.05, 3.63) is 102 Å². The number of anilines is 1. The Labute approximate surface area is 211 Å². The molecule has 0 saturated heterocycles. The van der Waals surface area contributed by atoms with Crippen LogP contribution in [-0.4, -0.2) is 60.1 Å². The van der Waals surface area contributed by atoms with E-state index in [-0.39, 0.29) is 11.8 Å². The van der Waals surface area contributed by atoms with Crippen LogP contribution in [0.15, 0.2) is 84.9 Å². The Bertz CT molecular complexity index is 1110. The SMILES string of the molecule is CN(C)CC1Cc2ccccc2N(C(=O)CC(c2ccccc2)c2ccccc2)C1.O=C(O)C(=O)O. The Morgan fingerprint density at radius 2 is 1.33 bits per heavy atom. The number of aliphatic carboxylic acids is 2. The topological polar surface area (TPSA) is 98.2 Å². The molecule has 1 atom stereocenters. The smallest absolute Gasteiger partial charge is 0.414 e. The molecular weight excluding hydrogens is 456 g/mol. The average Bonchev–Trinajstić information content (AvgIpc) is 2.87. The number of benzene rings is 3. The van der Waals surface area contributed by atoms with E-state index >= 15 is 0 Å². The van der Waals surface area contributed by atoms with Gasteiger partial charge in [0.15, 0.2) is 0 Å². The molecule has 7 heteroatoms. The van der Waals surface area contributed by atoms with Crippen LogP contribution in [0.3, 0.4) is 0 Å². The molecule has 2 N–H and O–H groups in total. The van der Waals surface area contributed by atoms with Crippen molar-refractivity contribution in [2.24, 2.45) is 5.92 Å². The van der Waals surface area contributed by atoms with Gasteiger partial charge in [0.05, 0.1) is 0 Å². The van der Waals surface area contributed by atoms with Crippen molar-refractivity contribution in [3.8, 4) is 0 Å². The normalized spacial score (nSPS) is 14.6. The Morgan fingerprint density at radius 3 is 1.83 bits per heavy atom. The second-order valence-electron chi connectivity index (χ2n) is 9.15. The molecule has 1 heterocycles. The van der Waals surface area contributed by atoms with E-state index in [2.05, 4.69) is 85.7 Å². The van der Waals surface area contributed by atoms with Crippen molar-refractivity contribution in [1.82, 2.24) is 4.90 Å². The zero-order valence-electron chi connectivity index (χ0n) is 20.6. The van der Waals surface area contributed by atoms with Gasteiger partial charge >= 0.3 is 11.9 Å². The first-order valence-corrected chi connectivity index (χ1v) is 11.8. The molecule has 1 aliphatic heterocycles. The number of hydrogen-bond acceptors (Lipinski definition) is 4. The van der Waals surface area contributed by atoms with Crippen molar-refractivity contribution >= 4 is 23.5 Å². The lowest BCUT2D eigenvalue weighted by atomic mass is 9.87. The summed E-state index contributed by atoms with van der Waals surface area (Å²) in [4.78, 5) is 36.1. The van der Waals surface area contributed by atoms with Crippen molar-refractivity contribution in [3.63, 3.8) is 0 Å². The molecule has 0 bridgehead atoms. The third-order valence-electron chi connectivity index (χ3n) is 6.12. The van der Waals surface area contributed by atoms with Gasteiger partial charge in [0, 0.05) is 31.1 Å². The van der Waals surface area contributed by atoms with E-state index in [0.29, 0.717) is 12.3 Å². The molecule has 0 saturated carbocycles. The molecule has 1 aliphatic rings. The molecule has 188 valence electrons. The maximum atomic E-state index is 13.7. The molecular formula is C29H32N2O5. The quantitative estimate of drug-likeness (QED) is 0.507. The highest BCUT2D eigenvalue weighted by Crippen LogP contribution is 2.34. The summed E-state index contributed by atoms with van der Waals surface area (Å²) in [5, 5.41) is 14.8. The van der Waals surface area contributed by atoms with E-state index in [0.717, 1.165) is 25.2 Å². The van der Waals surface area contributed by atoms with Gasteiger partial charge in [-0.1, -0.05) is 78.9 Å². The van der Waals surface area contributed by atoms with Gasteiger partial charge in [-0.25, -0.2) is 9.59 Å². The summed E-state index contributed by atoms with van der Waals surface area (Å²) in [6.07, 6.45) is 1.50. The molecule has 4 rings (SSSR count). The molecule has 0 aliphatic carbocycles. The number of fused-ring (bicyclic) bond motifs is 1. The zero-order chi connectivity index (χ0) is 26.1. The monoisotopic (exact) mass is 488 g/mol. The van der Waals surface area contributed by atoms with Crippen LogP contribution in [-0.2, 0) is 20.8 Å². The predicted molar refractivity (Wildman–Crippen MR) is 139 cm³/mol. The van der Waals surface area contributed by atoms with Crippen molar-refractivity contribution in [1.29, 1.82) is 0 Å². The molecule has 7 nitrogen and oxygen atoms in total. The maximum absolute atomic E-state index is 13.7. The molecule has 3 aromatic rings. The molecule has 1 amide bonds. The lowest BCUT2D eigenvalue weighted by Crippen LogP contribution is -2.43. The number of carboxylic acids is 2. The van der Waals surface area contributed by atoms with Crippen molar-refractivity contribution < 1.29 is 24.6 Å². The number of carbonyl (C=O) groups excluding carboxylic acids is 1. The minimum Gasteiger partial charge on any atom is -0.473 e. The fourth-order valence-electron chi connectivity index (χ4n) is 4.64. The summed E-state index contributed by atoms with van der Waals surface area (Å²) in [6, 6.07) is 29.2. The summed E-state index contributed by atoms with van der Waals surface area (Å²) in [5.74, 6) is -2.94. The van der Waals surface area contributed by atoms with Gasteiger partial charge in [0.25, 0.3) is 0 Å². The minimum absolute atomic E-state index is 0.0567. The van der Waals surface area contributed by atoms with Crippen molar-refractivity contribution in [2.45, 2.75) is 18.8 Å². The Balaban J connectivity index is 0.000000538. The zero-order valence-corrected chi connectivity index (χ0v) is 20.6. The van der Waals surface area contributed by atoms with Crippen LogP contribution < -0.4 is 4.90 Å². The van der Waals surface area contributed by atoms with Crippen molar-refractivity contribution in [2.75, 3.05) is 32.1 Å². The van der Waals surface area contributed by atoms with Crippen LogP contribution in [0.25, 0.3) is 0 Å². The number of rotatable bonds is 6. The second-order valence-corrected chi connectivity index (χ2v) is 9.15. The number of para-hydroxylation sites is 1. The molecule has 3 aromatic carbocycles. The predicted octanol–water partition coefficient (Wildman–Crippen LogP) is 4.13. The number of hydrogen-bond donors (Lipinski definition) is 2. The van der Waals surface area contributed by atoms with E-state index in [4.69, 9.17) is 19.8 Å². The first kappa shape index (κ1) is 26.6. The molecule has 0 fully saturated rings. The second kappa shape index (κ2) is 12.7. The highest BCUT2D eigenvalue weighted by molar-refractivity contribution is 6.27. The number of nitrogens with zero attached hydrogens (tertiary/aromatic N) is 2.